The van der Waals surface area contributed by atoms with Gasteiger partial charge in [-0.15, -0.1) is 0 Å². The van der Waals surface area contributed by atoms with Crippen LogP contribution in [0.25, 0.3) is 0 Å². The van der Waals surface area contributed by atoms with Crippen molar-refractivity contribution in [3.63, 3.8) is 0 Å². The van der Waals surface area contributed by atoms with Crippen LogP contribution in [0.1, 0.15) is 32.1 Å². The third kappa shape index (κ3) is 5.40. The fourth-order valence-electron chi connectivity index (χ4n) is 3.42. The highest BCUT2D eigenvalue weighted by Crippen LogP contribution is 2.23. The van der Waals surface area contributed by atoms with Crippen LogP contribution in [0, 0.1) is 0 Å². The summed E-state index contributed by atoms with van der Waals surface area (Å²) in [6.45, 7) is 2.06. The molecule has 0 spiro atoms. The van der Waals surface area contributed by atoms with Crippen LogP contribution in [0.5, 0.6) is 0 Å². The van der Waals surface area contributed by atoms with E-state index in [1.54, 1.807) is 24.0 Å². The molecular weight excluding hydrogens is 326 g/mol. The molecule has 2 aliphatic rings. The molecule has 0 aromatic rings. The topological polar surface area (TPSA) is 88.2 Å². The smallest absolute Gasteiger partial charge is 0.242 e. The second kappa shape index (κ2) is 9.15. The van der Waals surface area contributed by atoms with Crippen molar-refractivity contribution in [2.75, 3.05) is 53.6 Å². The van der Waals surface area contributed by atoms with Crippen LogP contribution in [-0.2, 0) is 23.9 Å². The van der Waals surface area contributed by atoms with Crippen LogP contribution in [0.4, 0.5) is 0 Å². The molecule has 2 saturated heterocycles. The Bertz CT molecular complexity index is 495. The van der Waals surface area contributed by atoms with Crippen molar-refractivity contribution in [1.82, 2.24) is 15.1 Å². The number of nitrogens with one attached hydrogen (secondary N) is 1. The first kappa shape index (κ1) is 19.7. The summed E-state index contributed by atoms with van der Waals surface area (Å²) in [6, 6.07) is 0. The quantitative estimate of drug-likeness (QED) is 0.711. The Kier molecular flexibility index (Phi) is 7.19. The van der Waals surface area contributed by atoms with Crippen molar-refractivity contribution in [2.24, 2.45) is 0 Å². The van der Waals surface area contributed by atoms with E-state index in [4.69, 9.17) is 9.47 Å². The summed E-state index contributed by atoms with van der Waals surface area (Å²) in [4.78, 5) is 40.0. The highest BCUT2D eigenvalue weighted by Gasteiger charge is 2.40. The SMILES string of the molecule is CNC(=O)C[C@]1(COC)CN(C(=O)CN2CCCCCC2=O)CCO1. The maximum Gasteiger partial charge on any atom is 0.242 e. The van der Waals surface area contributed by atoms with Gasteiger partial charge in [-0.2, -0.15) is 0 Å². The zero-order valence-corrected chi connectivity index (χ0v) is 15.2. The first-order valence-electron chi connectivity index (χ1n) is 8.89. The van der Waals surface area contributed by atoms with Gasteiger partial charge in [-0.25, -0.2) is 0 Å². The van der Waals surface area contributed by atoms with Gasteiger partial charge >= 0.3 is 0 Å². The summed E-state index contributed by atoms with van der Waals surface area (Å²) in [7, 11) is 3.12. The maximum atomic E-state index is 12.7. The summed E-state index contributed by atoms with van der Waals surface area (Å²) < 4.78 is 11.1. The Hall–Kier alpha value is -1.67. The lowest BCUT2D eigenvalue weighted by molar-refractivity contribution is -0.167. The normalized spacial score (nSPS) is 24.8. The standard InChI is InChI=1S/C17H29N3O5/c1-18-14(21)10-17(13-24-2)12-20(8-9-25-17)16(23)11-19-7-5-3-4-6-15(19)22/h3-13H2,1-2H3,(H,18,21)/t17-/m1/s1. The molecule has 1 atom stereocenters. The van der Waals surface area contributed by atoms with Crippen LogP contribution >= 0.6 is 0 Å². The van der Waals surface area contributed by atoms with E-state index in [0.29, 0.717) is 26.1 Å². The average Bonchev–Trinajstić information content (AvgIpc) is 2.79. The fourth-order valence-corrected chi connectivity index (χ4v) is 3.42. The van der Waals surface area contributed by atoms with E-state index in [1.165, 1.54) is 0 Å². The largest absolute Gasteiger partial charge is 0.382 e. The van der Waals surface area contributed by atoms with Gasteiger partial charge in [0.1, 0.15) is 5.60 Å². The lowest BCUT2D eigenvalue weighted by Gasteiger charge is -2.42. The number of carbonyl (C=O) groups excluding carboxylic acids is 3. The summed E-state index contributed by atoms with van der Waals surface area (Å²) in [6.07, 6.45) is 3.50. The van der Waals surface area contributed by atoms with Crippen LogP contribution in [0.3, 0.4) is 0 Å². The van der Waals surface area contributed by atoms with Gasteiger partial charge in [0.2, 0.25) is 17.7 Å². The van der Waals surface area contributed by atoms with E-state index in [0.717, 1.165) is 19.3 Å². The molecule has 8 nitrogen and oxygen atoms in total. The van der Waals surface area contributed by atoms with Crippen LogP contribution in [0.15, 0.2) is 0 Å². The highest BCUT2D eigenvalue weighted by molar-refractivity contribution is 5.85. The number of hydrogen-bond acceptors (Lipinski definition) is 5. The summed E-state index contributed by atoms with van der Waals surface area (Å²) in [5.41, 5.74) is -0.842. The summed E-state index contributed by atoms with van der Waals surface area (Å²) in [5, 5.41) is 2.59. The molecule has 2 rings (SSSR count). The minimum atomic E-state index is -0.842. The molecule has 0 radical (unpaired) electrons. The monoisotopic (exact) mass is 355 g/mol. The van der Waals surface area contributed by atoms with Gasteiger partial charge in [0, 0.05) is 33.7 Å². The minimum absolute atomic E-state index is 0.0487. The molecule has 8 heteroatoms. The molecule has 25 heavy (non-hydrogen) atoms. The molecule has 0 unspecified atom stereocenters. The van der Waals surface area contributed by atoms with Gasteiger partial charge in [-0.05, 0) is 12.8 Å². The molecule has 3 amide bonds. The van der Waals surface area contributed by atoms with Crippen molar-refractivity contribution >= 4 is 17.7 Å². The van der Waals surface area contributed by atoms with Crippen molar-refractivity contribution in [3.8, 4) is 0 Å². The number of ether oxygens (including phenoxy) is 2. The van der Waals surface area contributed by atoms with Gasteiger partial charge < -0.3 is 24.6 Å². The first-order chi connectivity index (χ1) is 12.0. The fraction of sp³-hybridized carbons (Fsp3) is 0.824. The maximum absolute atomic E-state index is 12.7. The molecule has 2 aliphatic heterocycles. The molecule has 1 N–H and O–H groups in total. The molecule has 0 bridgehead atoms. The van der Waals surface area contributed by atoms with E-state index < -0.39 is 5.60 Å². The van der Waals surface area contributed by atoms with Gasteiger partial charge in [-0.1, -0.05) is 6.42 Å². The molecule has 2 heterocycles. The number of amides is 3. The number of nitrogens with zero attached hydrogens (tertiary/aromatic N) is 2. The summed E-state index contributed by atoms with van der Waals surface area (Å²) in [5.74, 6) is -0.211. The Morgan fingerprint density at radius 1 is 1.28 bits per heavy atom. The van der Waals surface area contributed by atoms with Crippen LogP contribution in [0.2, 0.25) is 0 Å². The minimum Gasteiger partial charge on any atom is -0.382 e. The van der Waals surface area contributed by atoms with Crippen molar-refractivity contribution in [3.05, 3.63) is 0 Å². The Labute approximate surface area is 148 Å². The Morgan fingerprint density at radius 3 is 2.80 bits per heavy atom. The zero-order chi connectivity index (χ0) is 18.3. The number of rotatable bonds is 6. The van der Waals surface area contributed by atoms with Crippen molar-refractivity contribution in [1.29, 1.82) is 0 Å². The third-order valence-electron chi connectivity index (χ3n) is 4.77. The van der Waals surface area contributed by atoms with Crippen LogP contribution < -0.4 is 5.32 Å². The molecule has 0 aromatic carbocycles. The number of methoxy groups -OCH3 is 1. The van der Waals surface area contributed by atoms with E-state index in [-0.39, 0.29) is 43.8 Å². The van der Waals surface area contributed by atoms with E-state index in [1.807, 2.05) is 0 Å². The van der Waals surface area contributed by atoms with Crippen molar-refractivity contribution < 1.29 is 23.9 Å². The lowest BCUT2D eigenvalue weighted by atomic mass is 9.97. The number of morpholine rings is 1. The zero-order valence-electron chi connectivity index (χ0n) is 15.2. The third-order valence-corrected chi connectivity index (χ3v) is 4.77. The van der Waals surface area contributed by atoms with Gasteiger partial charge in [-0.3, -0.25) is 14.4 Å². The second-order valence-corrected chi connectivity index (χ2v) is 6.76. The molecule has 0 aliphatic carbocycles. The lowest BCUT2D eigenvalue weighted by Crippen LogP contribution is -2.58. The highest BCUT2D eigenvalue weighted by atomic mass is 16.5. The van der Waals surface area contributed by atoms with Gasteiger partial charge in [0.15, 0.2) is 0 Å². The van der Waals surface area contributed by atoms with Gasteiger partial charge in [0.05, 0.1) is 32.7 Å². The number of carbonyl (C=O) groups is 3. The molecular formula is C17H29N3O5. The Balaban J connectivity index is 2.01. The second-order valence-electron chi connectivity index (χ2n) is 6.76. The molecule has 0 saturated carbocycles. The first-order valence-corrected chi connectivity index (χ1v) is 8.89. The predicted molar refractivity (Wildman–Crippen MR) is 90.9 cm³/mol. The number of likely N-dealkylation sites (tertiary alicyclic amines) is 1. The molecule has 0 aromatic heterocycles. The van der Waals surface area contributed by atoms with Crippen LogP contribution in [-0.4, -0.2) is 86.7 Å². The van der Waals surface area contributed by atoms with Crippen molar-refractivity contribution in [2.45, 2.75) is 37.7 Å². The van der Waals surface area contributed by atoms with E-state index in [2.05, 4.69) is 5.32 Å². The van der Waals surface area contributed by atoms with E-state index >= 15 is 0 Å². The summed E-state index contributed by atoms with van der Waals surface area (Å²) >= 11 is 0. The van der Waals surface area contributed by atoms with E-state index in [9.17, 15) is 14.4 Å². The average molecular weight is 355 g/mol. The molecule has 142 valence electrons. The number of hydrogen-bond donors (Lipinski definition) is 1. The Morgan fingerprint density at radius 2 is 2.08 bits per heavy atom. The molecule has 2 fully saturated rings. The predicted octanol–water partition coefficient (Wildman–Crippen LogP) is -0.231. The van der Waals surface area contributed by atoms with Gasteiger partial charge in [0.25, 0.3) is 0 Å².